The van der Waals surface area contributed by atoms with Crippen molar-refractivity contribution in [1.82, 2.24) is 10.2 Å². The third-order valence-corrected chi connectivity index (χ3v) is 3.05. The van der Waals surface area contributed by atoms with E-state index in [1.165, 1.54) is 0 Å². The Hall–Kier alpha value is -0.320. The minimum Gasteiger partial charge on any atom is -0.384 e. The monoisotopic (exact) mass is 250 g/mol. The van der Waals surface area contributed by atoms with Crippen LogP contribution in [0.15, 0.2) is 0 Å². The molecule has 1 heterocycles. The first-order valence-electron chi connectivity index (χ1n) is 5.64. The molecule has 1 rings (SSSR count). The number of carbonyl (C=O) groups is 1. The van der Waals surface area contributed by atoms with Gasteiger partial charge in [-0.15, -0.1) is 12.4 Å². The molecule has 1 N–H and O–H groups in total. The Morgan fingerprint density at radius 2 is 2.06 bits per heavy atom. The van der Waals surface area contributed by atoms with Gasteiger partial charge in [-0.2, -0.15) is 0 Å². The van der Waals surface area contributed by atoms with Crippen LogP contribution >= 0.6 is 12.4 Å². The Balaban J connectivity index is 0.00000225. The number of halogens is 1. The summed E-state index contributed by atoms with van der Waals surface area (Å²) in [6.07, 6.45) is 2.11. The molecule has 1 saturated heterocycles. The first-order valence-corrected chi connectivity index (χ1v) is 5.64. The van der Waals surface area contributed by atoms with E-state index in [1.54, 1.807) is 7.11 Å². The highest BCUT2D eigenvalue weighted by atomic mass is 35.5. The Morgan fingerprint density at radius 1 is 1.50 bits per heavy atom. The standard InChI is InChI=1S/C11H22N2O2.ClH/c1-9(8-15-3)11(14)13-6-4-10(12-2)5-7-13;/h9-10,12H,4-8H2,1-3H3;1H. The Morgan fingerprint density at radius 3 is 2.50 bits per heavy atom. The third-order valence-electron chi connectivity index (χ3n) is 3.05. The highest BCUT2D eigenvalue weighted by molar-refractivity contribution is 5.85. The molecule has 16 heavy (non-hydrogen) atoms. The van der Waals surface area contributed by atoms with Crippen molar-refractivity contribution < 1.29 is 9.53 Å². The SMILES string of the molecule is CNC1CCN(C(=O)C(C)COC)CC1.Cl. The molecule has 1 fully saturated rings. The Kier molecular flexibility index (Phi) is 7.72. The fourth-order valence-corrected chi connectivity index (χ4v) is 2.02. The van der Waals surface area contributed by atoms with Gasteiger partial charge in [0.25, 0.3) is 0 Å². The second-order valence-electron chi connectivity index (χ2n) is 4.24. The van der Waals surface area contributed by atoms with Crippen molar-refractivity contribution in [3.63, 3.8) is 0 Å². The topological polar surface area (TPSA) is 41.6 Å². The van der Waals surface area contributed by atoms with Crippen molar-refractivity contribution in [1.29, 1.82) is 0 Å². The molecule has 1 amide bonds. The van der Waals surface area contributed by atoms with E-state index in [0.29, 0.717) is 12.6 Å². The summed E-state index contributed by atoms with van der Waals surface area (Å²) in [5.41, 5.74) is 0. The lowest BCUT2D eigenvalue weighted by molar-refractivity contribution is -0.137. The highest BCUT2D eigenvalue weighted by Crippen LogP contribution is 2.13. The van der Waals surface area contributed by atoms with Crippen LogP contribution < -0.4 is 5.32 Å². The number of nitrogens with one attached hydrogen (secondary N) is 1. The van der Waals surface area contributed by atoms with Gasteiger partial charge < -0.3 is 15.0 Å². The highest BCUT2D eigenvalue weighted by Gasteiger charge is 2.24. The van der Waals surface area contributed by atoms with Crippen molar-refractivity contribution in [3.05, 3.63) is 0 Å². The maximum atomic E-state index is 11.9. The number of methoxy groups -OCH3 is 1. The summed E-state index contributed by atoms with van der Waals surface area (Å²) in [6, 6.07) is 0.576. The average Bonchev–Trinajstić information content (AvgIpc) is 2.28. The van der Waals surface area contributed by atoms with Crippen LogP contribution in [0.25, 0.3) is 0 Å². The van der Waals surface area contributed by atoms with Crippen LogP contribution in [-0.2, 0) is 9.53 Å². The Bertz CT molecular complexity index is 206. The van der Waals surface area contributed by atoms with Gasteiger partial charge in [0.2, 0.25) is 5.91 Å². The summed E-state index contributed by atoms with van der Waals surface area (Å²) >= 11 is 0. The quantitative estimate of drug-likeness (QED) is 0.806. The van der Waals surface area contributed by atoms with Gasteiger partial charge in [0, 0.05) is 26.2 Å². The number of amides is 1. The smallest absolute Gasteiger partial charge is 0.227 e. The molecule has 0 aromatic carbocycles. The molecular formula is C11H23ClN2O2. The summed E-state index contributed by atoms with van der Waals surface area (Å²) in [5, 5.41) is 3.26. The molecule has 0 aliphatic carbocycles. The first kappa shape index (κ1) is 15.7. The van der Waals surface area contributed by atoms with Crippen molar-refractivity contribution >= 4 is 18.3 Å². The summed E-state index contributed by atoms with van der Waals surface area (Å²) in [4.78, 5) is 13.9. The second-order valence-corrected chi connectivity index (χ2v) is 4.24. The molecule has 0 saturated carbocycles. The number of ether oxygens (including phenoxy) is 1. The van der Waals surface area contributed by atoms with Crippen LogP contribution in [-0.4, -0.2) is 50.7 Å². The van der Waals surface area contributed by atoms with Crippen LogP contribution in [0.1, 0.15) is 19.8 Å². The number of piperidine rings is 1. The number of likely N-dealkylation sites (tertiary alicyclic amines) is 1. The van der Waals surface area contributed by atoms with E-state index in [2.05, 4.69) is 5.32 Å². The molecule has 0 aromatic heterocycles. The molecule has 0 spiro atoms. The van der Waals surface area contributed by atoms with Gasteiger partial charge in [-0.05, 0) is 19.9 Å². The fraction of sp³-hybridized carbons (Fsp3) is 0.909. The molecule has 1 unspecified atom stereocenters. The predicted octanol–water partition coefficient (Wildman–Crippen LogP) is 0.901. The van der Waals surface area contributed by atoms with Crippen molar-refractivity contribution in [2.75, 3.05) is 33.9 Å². The van der Waals surface area contributed by atoms with Gasteiger partial charge in [0.1, 0.15) is 0 Å². The molecule has 1 atom stereocenters. The summed E-state index contributed by atoms with van der Waals surface area (Å²) in [5.74, 6) is 0.215. The van der Waals surface area contributed by atoms with Crippen LogP contribution in [0.2, 0.25) is 0 Å². The summed E-state index contributed by atoms with van der Waals surface area (Å²) in [7, 11) is 3.62. The summed E-state index contributed by atoms with van der Waals surface area (Å²) in [6.45, 7) is 4.19. The second kappa shape index (κ2) is 7.87. The lowest BCUT2D eigenvalue weighted by Crippen LogP contribution is -2.46. The number of nitrogens with zero attached hydrogens (tertiary/aromatic N) is 1. The zero-order valence-electron chi connectivity index (χ0n) is 10.4. The minimum absolute atomic E-state index is 0. The molecule has 96 valence electrons. The van der Waals surface area contributed by atoms with Gasteiger partial charge in [0.05, 0.1) is 12.5 Å². The van der Waals surface area contributed by atoms with E-state index in [0.717, 1.165) is 25.9 Å². The molecule has 0 aromatic rings. The molecule has 5 heteroatoms. The predicted molar refractivity (Wildman–Crippen MR) is 66.9 cm³/mol. The van der Waals surface area contributed by atoms with Gasteiger partial charge in [-0.3, -0.25) is 4.79 Å². The molecular weight excluding hydrogens is 228 g/mol. The van der Waals surface area contributed by atoms with E-state index in [1.807, 2.05) is 18.9 Å². The molecule has 1 aliphatic rings. The van der Waals surface area contributed by atoms with Crippen LogP contribution in [0.5, 0.6) is 0 Å². The zero-order chi connectivity index (χ0) is 11.3. The van der Waals surface area contributed by atoms with Gasteiger partial charge in [-0.25, -0.2) is 0 Å². The van der Waals surface area contributed by atoms with Crippen molar-refractivity contribution in [2.45, 2.75) is 25.8 Å². The summed E-state index contributed by atoms with van der Waals surface area (Å²) < 4.78 is 5.00. The van der Waals surface area contributed by atoms with Crippen molar-refractivity contribution in [2.24, 2.45) is 5.92 Å². The lowest BCUT2D eigenvalue weighted by Gasteiger charge is -2.33. The number of hydrogen-bond acceptors (Lipinski definition) is 3. The van der Waals surface area contributed by atoms with Crippen LogP contribution in [0, 0.1) is 5.92 Å². The number of hydrogen-bond donors (Lipinski definition) is 1. The average molecular weight is 251 g/mol. The molecule has 0 bridgehead atoms. The number of carbonyl (C=O) groups excluding carboxylic acids is 1. The minimum atomic E-state index is -0.0128. The largest absolute Gasteiger partial charge is 0.384 e. The van der Waals surface area contributed by atoms with Gasteiger partial charge in [0.15, 0.2) is 0 Å². The molecule has 0 radical (unpaired) electrons. The Labute approximate surface area is 104 Å². The lowest BCUT2D eigenvalue weighted by atomic mass is 10.0. The maximum Gasteiger partial charge on any atom is 0.227 e. The fourth-order valence-electron chi connectivity index (χ4n) is 2.02. The normalized spacial score (nSPS) is 19.1. The van der Waals surface area contributed by atoms with E-state index in [4.69, 9.17) is 4.74 Å². The maximum absolute atomic E-state index is 11.9. The molecule has 4 nitrogen and oxygen atoms in total. The number of rotatable bonds is 4. The third kappa shape index (κ3) is 4.28. The van der Waals surface area contributed by atoms with E-state index in [9.17, 15) is 4.79 Å². The van der Waals surface area contributed by atoms with Gasteiger partial charge in [-0.1, -0.05) is 6.92 Å². The van der Waals surface area contributed by atoms with Gasteiger partial charge >= 0.3 is 0 Å². The zero-order valence-corrected chi connectivity index (χ0v) is 11.2. The molecule has 1 aliphatic heterocycles. The van der Waals surface area contributed by atoms with Crippen LogP contribution in [0.3, 0.4) is 0 Å². The van der Waals surface area contributed by atoms with E-state index < -0.39 is 0 Å². The van der Waals surface area contributed by atoms with Crippen molar-refractivity contribution in [3.8, 4) is 0 Å². The first-order chi connectivity index (χ1) is 7.19. The van der Waals surface area contributed by atoms with E-state index in [-0.39, 0.29) is 24.2 Å². The van der Waals surface area contributed by atoms with E-state index >= 15 is 0 Å². The van der Waals surface area contributed by atoms with Crippen LogP contribution in [0.4, 0.5) is 0 Å².